The summed E-state index contributed by atoms with van der Waals surface area (Å²) in [7, 11) is 0. The summed E-state index contributed by atoms with van der Waals surface area (Å²) in [4.78, 5) is 9.39. The Morgan fingerprint density at radius 1 is 0.559 bits per heavy atom. The lowest BCUT2D eigenvalue weighted by atomic mass is 10.0. The minimum absolute atomic E-state index is 0.0898. The van der Waals surface area contributed by atoms with E-state index >= 15 is 4.39 Å². The van der Waals surface area contributed by atoms with Crippen molar-refractivity contribution in [2.24, 2.45) is 0 Å². The molecule has 0 bridgehead atoms. The number of aromatic nitrogens is 2. The van der Waals surface area contributed by atoms with E-state index < -0.39 is 11.6 Å². The first-order chi connectivity index (χ1) is 16.6. The number of rotatable bonds is 4. The van der Waals surface area contributed by atoms with Gasteiger partial charge in [-0.1, -0.05) is 78.9 Å². The normalized spacial score (nSPS) is 10.6. The third-order valence-corrected chi connectivity index (χ3v) is 5.48. The van der Waals surface area contributed by atoms with Crippen LogP contribution in [0, 0.1) is 23.0 Å². The quantitative estimate of drug-likeness (QED) is 0.292. The predicted molar refractivity (Wildman–Crippen MR) is 128 cm³/mol. The highest BCUT2D eigenvalue weighted by Gasteiger charge is 2.15. The van der Waals surface area contributed by atoms with E-state index in [1.807, 2.05) is 72.8 Å². The third-order valence-electron chi connectivity index (χ3n) is 5.48. The van der Waals surface area contributed by atoms with E-state index in [-0.39, 0.29) is 16.7 Å². The maximum absolute atomic E-state index is 15.1. The Bertz CT molecular complexity index is 1470. The van der Waals surface area contributed by atoms with Gasteiger partial charge in [0.05, 0.1) is 23.0 Å². The standard InChI is InChI=1S/C29H17F2N3/c30-25-15-19(18-32)11-13-23(25)24-14-12-22(16-26(24)31)29-33-27(20-7-3-1-4-8-20)17-28(34-29)21-9-5-2-6-10-21/h1-17H. The zero-order valence-corrected chi connectivity index (χ0v) is 17.9. The first-order valence-corrected chi connectivity index (χ1v) is 10.6. The molecular formula is C29H17F2N3. The van der Waals surface area contributed by atoms with Crippen molar-refractivity contribution in [1.82, 2.24) is 9.97 Å². The lowest BCUT2D eigenvalue weighted by molar-refractivity contribution is 0.616. The first-order valence-electron chi connectivity index (χ1n) is 10.6. The van der Waals surface area contributed by atoms with Crippen molar-refractivity contribution < 1.29 is 8.78 Å². The Kier molecular flexibility index (Phi) is 5.63. The van der Waals surface area contributed by atoms with Crippen LogP contribution < -0.4 is 0 Å². The lowest BCUT2D eigenvalue weighted by Gasteiger charge is -2.11. The van der Waals surface area contributed by atoms with Gasteiger partial charge in [-0.15, -0.1) is 0 Å². The Labute approximate surface area is 195 Å². The van der Waals surface area contributed by atoms with Gasteiger partial charge in [0.1, 0.15) is 11.6 Å². The highest BCUT2D eigenvalue weighted by molar-refractivity contribution is 5.74. The highest BCUT2D eigenvalue weighted by atomic mass is 19.1. The van der Waals surface area contributed by atoms with Crippen molar-refractivity contribution in [2.45, 2.75) is 0 Å². The molecule has 0 radical (unpaired) electrons. The fraction of sp³-hybridized carbons (Fsp3) is 0. The minimum atomic E-state index is -0.653. The Morgan fingerprint density at radius 3 is 1.59 bits per heavy atom. The predicted octanol–water partition coefficient (Wildman–Crippen LogP) is 7.29. The molecule has 3 nitrogen and oxygen atoms in total. The van der Waals surface area contributed by atoms with Gasteiger partial charge in [0, 0.05) is 27.8 Å². The zero-order valence-electron chi connectivity index (χ0n) is 17.9. The third kappa shape index (κ3) is 4.17. The van der Waals surface area contributed by atoms with Gasteiger partial charge in [-0.25, -0.2) is 18.7 Å². The van der Waals surface area contributed by atoms with Gasteiger partial charge < -0.3 is 0 Å². The van der Waals surface area contributed by atoms with E-state index in [2.05, 4.69) is 0 Å². The molecule has 0 aliphatic heterocycles. The van der Waals surface area contributed by atoms with E-state index in [9.17, 15) is 4.39 Å². The van der Waals surface area contributed by atoms with Crippen LogP contribution in [0.4, 0.5) is 8.78 Å². The fourth-order valence-corrected chi connectivity index (χ4v) is 3.77. The molecule has 5 aromatic rings. The molecule has 0 aliphatic rings. The van der Waals surface area contributed by atoms with Crippen LogP contribution in [0.5, 0.6) is 0 Å². The van der Waals surface area contributed by atoms with Crippen LogP contribution in [-0.4, -0.2) is 9.97 Å². The Morgan fingerprint density at radius 2 is 1.09 bits per heavy atom. The maximum atomic E-state index is 15.1. The number of hydrogen-bond donors (Lipinski definition) is 0. The summed E-state index contributed by atoms with van der Waals surface area (Å²) in [5, 5.41) is 8.95. The van der Waals surface area contributed by atoms with Gasteiger partial charge in [0.15, 0.2) is 5.82 Å². The minimum Gasteiger partial charge on any atom is -0.228 e. The molecular weight excluding hydrogens is 428 g/mol. The number of hydrogen-bond acceptors (Lipinski definition) is 3. The van der Waals surface area contributed by atoms with E-state index in [0.717, 1.165) is 17.2 Å². The van der Waals surface area contributed by atoms with E-state index in [0.29, 0.717) is 22.8 Å². The topological polar surface area (TPSA) is 49.6 Å². The van der Waals surface area contributed by atoms with E-state index in [4.69, 9.17) is 15.2 Å². The summed E-state index contributed by atoms with van der Waals surface area (Å²) in [6, 6.07) is 31.7. The SMILES string of the molecule is N#Cc1ccc(-c2ccc(-c3nc(-c4ccccc4)cc(-c4ccccc4)n3)cc2F)c(F)c1. The molecule has 0 N–H and O–H groups in total. The fourth-order valence-electron chi connectivity index (χ4n) is 3.77. The smallest absolute Gasteiger partial charge is 0.160 e. The van der Waals surface area contributed by atoms with Gasteiger partial charge in [-0.2, -0.15) is 5.26 Å². The molecule has 0 aliphatic carbocycles. The zero-order chi connectivity index (χ0) is 23.5. The number of nitrogens with zero attached hydrogens (tertiary/aromatic N) is 3. The number of nitriles is 1. The largest absolute Gasteiger partial charge is 0.228 e. The Hall–Kier alpha value is -4.69. The molecule has 5 heteroatoms. The van der Waals surface area contributed by atoms with Crippen molar-refractivity contribution in [1.29, 1.82) is 5.26 Å². The second-order valence-electron chi connectivity index (χ2n) is 7.70. The van der Waals surface area contributed by atoms with Crippen LogP contribution in [0.3, 0.4) is 0 Å². The summed E-state index contributed by atoms with van der Waals surface area (Å²) in [6.45, 7) is 0. The van der Waals surface area contributed by atoms with Crippen molar-refractivity contribution in [3.63, 3.8) is 0 Å². The highest BCUT2D eigenvalue weighted by Crippen LogP contribution is 2.31. The maximum Gasteiger partial charge on any atom is 0.160 e. The van der Waals surface area contributed by atoms with Crippen LogP contribution >= 0.6 is 0 Å². The molecule has 162 valence electrons. The molecule has 0 fully saturated rings. The molecule has 0 atom stereocenters. The molecule has 0 spiro atoms. The van der Waals surface area contributed by atoms with Crippen LogP contribution in [0.25, 0.3) is 45.0 Å². The average molecular weight is 445 g/mol. The molecule has 0 saturated carbocycles. The lowest BCUT2D eigenvalue weighted by Crippen LogP contribution is -1.97. The van der Waals surface area contributed by atoms with Gasteiger partial charge in [0.25, 0.3) is 0 Å². The summed E-state index contributed by atoms with van der Waals surface area (Å²) in [5.41, 5.74) is 4.11. The number of benzene rings is 4. The van der Waals surface area contributed by atoms with Crippen molar-refractivity contribution in [3.05, 3.63) is 120 Å². The van der Waals surface area contributed by atoms with Crippen molar-refractivity contribution >= 4 is 0 Å². The molecule has 34 heavy (non-hydrogen) atoms. The van der Waals surface area contributed by atoms with Crippen LogP contribution in [-0.2, 0) is 0 Å². The molecule has 0 saturated heterocycles. The van der Waals surface area contributed by atoms with Gasteiger partial charge >= 0.3 is 0 Å². The number of halogens is 2. The van der Waals surface area contributed by atoms with Crippen LogP contribution in [0.2, 0.25) is 0 Å². The molecule has 1 heterocycles. The monoisotopic (exact) mass is 445 g/mol. The van der Waals surface area contributed by atoms with E-state index in [1.165, 1.54) is 24.3 Å². The molecule has 1 aromatic heterocycles. The molecule has 0 amide bonds. The Balaban J connectivity index is 1.62. The molecule has 4 aromatic carbocycles. The first kappa shape index (κ1) is 21.2. The molecule has 0 unspecified atom stereocenters. The van der Waals surface area contributed by atoms with Crippen LogP contribution in [0.1, 0.15) is 5.56 Å². The van der Waals surface area contributed by atoms with Gasteiger partial charge in [-0.05, 0) is 24.3 Å². The summed E-state index contributed by atoms with van der Waals surface area (Å²) in [5.74, 6) is -0.888. The summed E-state index contributed by atoms with van der Waals surface area (Å²) in [6.07, 6.45) is 0. The van der Waals surface area contributed by atoms with Crippen molar-refractivity contribution in [3.8, 4) is 51.1 Å². The molecule has 5 rings (SSSR count). The summed E-state index contributed by atoms with van der Waals surface area (Å²) < 4.78 is 29.6. The average Bonchev–Trinajstić information content (AvgIpc) is 2.89. The second-order valence-corrected chi connectivity index (χ2v) is 7.70. The second kappa shape index (κ2) is 9.05. The van der Waals surface area contributed by atoms with Crippen molar-refractivity contribution in [2.75, 3.05) is 0 Å². The van der Waals surface area contributed by atoms with Gasteiger partial charge in [-0.3, -0.25) is 0 Å². The van der Waals surface area contributed by atoms with Crippen LogP contribution in [0.15, 0.2) is 103 Å². The van der Waals surface area contributed by atoms with Gasteiger partial charge in [0.2, 0.25) is 0 Å². The van der Waals surface area contributed by atoms with E-state index in [1.54, 1.807) is 6.07 Å². The summed E-state index contributed by atoms with van der Waals surface area (Å²) >= 11 is 0.